The zero-order chi connectivity index (χ0) is 14.3. The molecule has 112 valence electrons. The van der Waals surface area contributed by atoms with Crippen molar-refractivity contribution in [1.29, 1.82) is 0 Å². The molecule has 1 atom stereocenters. The molecule has 1 fully saturated rings. The first-order valence-corrected chi connectivity index (χ1v) is 7.51. The van der Waals surface area contributed by atoms with Gasteiger partial charge >= 0.3 is 0 Å². The first kappa shape index (κ1) is 16.4. The molecule has 1 N–H and O–H groups in total. The van der Waals surface area contributed by atoms with Crippen LogP contribution in [0.4, 0.5) is 0 Å². The van der Waals surface area contributed by atoms with Crippen LogP contribution < -0.4 is 5.32 Å². The molecule has 5 nitrogen and oxygen atoms in total. The maximum Gasteiger partial charge on any atom is 0.239 e. The highest BCUT2D eigenvalue weighted by Gasteiger charge is 2.18. The number of likely N-dealkylation sites (N-methyl/N-ethyl adjacent to an activating group) is 2. The van der Waals surface area contributed by atoms with E-state index in [9.17, 15) is 4.79 Å². The summed E-state index contributed by atoms with van der Waals surface area (Å²) < 4.78 is 0. The molecular formula is C14H30N4O. The predicted molar refractivity (Wildman–Crippen MR) is 79.3 cm³/mol. The first-order chi connectivity index (χ1) is 9.08. The van der Waals surface area contributed by atoms with E-state index in [1.807, 2.05) is 25.7 Å². The van der Waals surface area contributed by atoms with Crippen molar-refractivity contribution in [3.8, 4) is 0 Å². The van der Waals surface area contributed by atoms with E-state index < -0.39 is 0 Å². The molecule has 1 amide bonds. The van der Waals surface area contributed by atoms with E-state index in [-0.39, 0.29) is 11.9 Å². The summed E-state index contributed by atoms with van der Waals surface area (Å²) in [6, 6.07) is -0.0765. The van der Waals surface area contributed by atoms with Crippen LogP contribution >= 0.6 is 0 Å². The minimum atomic E-state index is -0.0765. The molecule has 5 heteroatoms. The maximum atomic E-state index is 12.1. The Kier molecular flexibility index (Phi) is 7.34. The second-order valence-corrected chi connectivity index (χ2v) is 5.33. The summed E-state index contributed by atoms with van der Waals surface area (Å²) in [5.74, 6) is 0.211. The van der Waals surface area contributed by atoms with E-state index in [0.717, 1.165) is 52.4 Å². The van der Waals surface area contributed by atoms with Crippen molar-refractivity contribution in [3.63, 3.8) is 0 Å². The van der Waals surface area contributed by atoms with E-state index in [2.05, 4.69) is 22.2 Å². The van der Waals surface area contributed by atoms with Crippen molar-refractivity contribution < 1.29 is 4.79 Å². The lowest BCUT2D eigenvalue weighted by Crippen LogP contribution is -2.49. The Labute approximate surface area is 117 Å². The van der Waals surface area contributed by atoms with Crippen LogP contribution in [0.25, 0.3) is 0 Å². The number of hydrogen-bond acceptors (Lipinski definition) is 4. The van der Waals surface area contributed by atoms with Gasteiger partial charge in [0.25, 0.3) is 0 Å². The normalized spacial score (nSPS) is 19.4. The first-order valence-electron chi connectivity index (χ1n) is 7.51. The van der Waals surface area contributed by atoms with Gasteiger partial charge in [0, 0.05) is 52.4 Å². The highest BCUT2D eigenvalue weighted by Crippen LogP contribution is 1.98. The lowest BCUT2D eigenvalue weighted by atomic mass is 10.2. The molecule has 0 radical (unpaired) electrons. The number of rotatable bonds is 7. The van der Waals surface area contributed by atoms with Crippen LogP contribution in [0.15, 0.2) is 0 Å². The van der Waals surface area contributed by atoms with E-state index in [1.54, 1.807) is 0 Å². The zero-order valence-corrected chi connectivity index (χ0v) is 13.0. The molecule has 0 aromatic heterocycles. The number of nitrogens with one attached hydrogen (secondary N) is 1. The summed E-state index contributed by atoms with van der Waals surface area (Å²) >= 11 is 0. The van der Waals surface area contributed by atoms with Crippen LogP contribution in [-0.2, 0) is 4.79 Å². The summed E-state index contributed by atoms with van der Waals surface area (Å²) in [5.41, 5.74) is 0. The number of carbonyl (C=O) groups is 1. The third kappa shape index (κ3) is 5.47. The highest BCUT2D eigenvalue weighted by atomic mass is 16.2. The second kappa shape index (κ2) is 8.51. The molecule has 1 aliphatic rings. The Morgan fingerprint density at radius 3 is 2.32 bits per heavy atom. The monoisotopic (exact) mass is 270 g/mol. The Balaban J connectivity index is 2.19. The fraction of sp³-hybridized carbons (Fsp3) is 0.929. The van der Waals surface area contributed by atoms with E-state index in [0.29, 0.717) is 0 Å². The van der Waals surface area contributed by atoms with Gasteiger partial charge in [0.2, 0.25) is 5.91 Å². The standard InChI is InChI=1S/C14H30N4O/c1-5-18(6-2)14(19)13(3)15-7-8-17-11-9-16(4)10-12-17/h13,15H,5-12H2,1-4H3. The average molecular weight is 270 g/mol. The molecule has 0 saturated carbocycles. The van der Waals surface area contributed by atoms with Crippen molar-refractivity contribution in [2.75, 3.05) is 59.4 Å². The van der Waals surface area contributed by atoms with Gasteiger partial charge in [-0.3, -0.25) is 9.69 Å². The second-order valence-electron chi connectivity index (χ2n) is 5.33. The minimum absolute atomic E-state index is 0.0765. The molecule has 0 aliphatic carbocycles. The molecule has 1 unspecified atom stereocenters. The maximum absolute atomic E-state index is 12.1. The lowest BCUT2D eigenvalue weighted by Gasteiger charge is -2.32. The summed E-state index contributed by atoms with van der Waals surface area (Å²) in [4.78, 5) is 18.8. The van der Waals surface area contributed by atoms with Crippen LogP contribution in [-0.4, -0.2) is 86.1 Å². The molecular weight excluding hydrogens is 240 g/mol. The number of piperazine rings is 1. The quantitative estimate of drug-likeness (QED) is 0.711. The minimum Gasteiger partial charge on any atom is -0.342 e. The van der Waals surface area contributed by atoms with Gasteiger partial charge in [-0.05, 0) is 27.8 Å². The van der Waals surface area contributed by atoms with Gasteiger partial charge in [-0.25, -0.2) is 0 Å². The molecule has 0 spiro atoms. The van der Waals surface area contributed by atoms with Gasteiger partial charge in [-0.15, -0.1) is 0 Å². The van der Waals surface area contributed by atoms with Crippen molar-refractivity contribution in [3.05, 3.63) is 0 Å². The van der Waals surface area contributed by atoms with Gasteiger partial charge in [0.1, 0.15) is 0 Å². The molecule has 1 aliphatic heterocycles. The molecule has 19 heavy (non-hydrogen) atoms. The summed E-state index contributed by atoms with van der Waals surface area (Å²) in [6.45, 7) is 14.1. The Morgan fingerprint density at radius 1 is 1.21 bits per heavy atom. The van der Waals surface area contributed by atoms with Crippen LogP contribution in [0.3, 0.4) is 0 Å². The van der Waals surface area contributed by atoms with Gasteiger partial charge in [0.05, 0.1) is 6.04 Å². The largest absolute Gasteiger partial charge is 0.342 e. The SMILES string of the molecule is CCN(CC)C(=O)C(C)NCCN1CCN(C)CC1. The summed E-state index contributed by atoms with van der Waals surface area (Å²) in [6.07, 6.45) is 0. The van der Waals surface area contributed by atoms with Gasteiger partial charge < -0.3 is 15.1 Å². The van der Waals surface area contributed by atoms with Crippen molar-refractivity contribution in [1.82, 2.24) is 20.0 Å². The van der Waals surface area contributed by atoms with Gasteiger partial charge in [-0.2, -0.15) is 0 Å². The third-order valence-corrected chi connectivity index (χ3v) is 3.92. The summed E-state index contributed by atoms with van der Waals surface area (Å²) in [7, 11) is 2.17. The van der Waals surface area contributed by atoms with E-state index in [4.69, 9.17) is 0 Å². The topological polar surface area (TPSA) is 38.8 Å². The van der Waals surface area contributed by atoms with Crippen LogP contribution in [0.1, 0.15) is 20.8 Å². The van der Waals surface area contributed by atoms with E-state index >= 15 is 0 Å². The van der Waals surface area contributed by atoms with Crippen molar-refractivity contribution in [2.45, 2.75) is 26.8 Å². The Morgan fingerprint density at radius 2 is 1.79 bits per heavy atom. The zero-order valence-electron chi connectivity index (χ0n) is 13.0. The smallest absolute Gasteiger partial charge is 0.239 e. The number of nitrogens with zero attached hydrogens (tertiary/aromatic N) is 3. The Bertz CT molecular complexity index is 260. The van der Waals surface area contributed by atoms with Crippen LogP contribution in [0.2, 0.25) is 0 Å². The van der Waals surface area contributed by atoms with Crippen LogP contribution in [0, 0.1) is 0 Å². The number of carbonyl (C=O) groups excluding carboxylic acids is 1. The predicted octanol–water partition coefficient (Wildman–Crippen LogP) is 0.0803. The van der Waals surface area contributed by atoms with Crippen LogP contribution in [0.5, 0.6) is 0 Å². The average Bonchev–Trinajstić information content (AvgIpc) is 2.42. The third-order valence-electron chi connectivity index (χ3n) is 3.92. The van der Waals surface area contributed by atoms with Crippen molar-refractivity contribution in [2.24, 2.45) is 0 Å². The molecule has 1 saturated heterocycles. The fourth-order valence-electron chi connectivity index (χ4n) is 2.41. The molecule has 1 heterocycles. The Hall–Kier alpha value is -0.650. The highest BCUT2D eigenvalue weighted by molar-refractivity contribution is 5.81. The molecule has 1 rings (SSSR count). The number of amides is 1. The number of hydrogen-bond donors (Lipinski definition) is 1. The lowest BCUT2D eigenvalue weighted by molar-refractivity contribution is -0.132. The fourth-order valence-corrected chi connectivity index (χ4v) is 2.41. The van der Waals surface area contributed by atoms with Gasteiger partial charge in [-0.1, -0.05) is 0 Å². The van der Waals surface area contributed by atoms with E-state index in [1.165, 1.54) is 0 Å². The molecule has 0 bridgehead atoms. The molecule has 0 aromatic carbocycles. The molecule has 0 aromatic rings. The van der Waals surface area contributed by atoms with Crippen molar-refractivity contribution >= 4 is 5.91 Å². The van der Waals surface area contributed by atoms with Gasteiger partial charge in [0.15, 0.2) is 0 Å². The summed E-state index contributed by atoms with van der Waals surface area (Å²) in [5, 5.41) is 3.34.